The molecule has 2 N–H and O–H groups in total. The lowest BCUT2D eigenvalue weighted by molar-refractivity contribution is -0.137. The van der Waals surface area contributed by atoms with E-state index >= 15 is 0 Å². The lowest BCUT2D eigenvalue weighted by Crippen LogP contribution is -2.34. The number of rotatable bonds is 7. The highest BCUT2D eigenvalue weighted by Gasteiger charge is 2.31. The van der Waals surface area contributed by atoms with Crippen LogP contribution in [0.2, 0.25) is 0 Å². The third-order valence-electron chi connectivity index (χ3n) is 5.17. The fourth-order valence-electron chi connectivity index (χ4n) is 3.73. The van der Waals surface area contributed by atoms with Gasteiger partial charge in [0.05, 0.1) is 24.8 Å². The third-order valence-corrected chi connectivity index (χ3v) is 5.17. The van der Waals surface area contributed by atoms with Gasteiger partial charge in [0.1, 0.15) is 5.76 Å². The lowest BCUT2D eigenvalue weighted by Gasteiger charge is -2.28. The third kappa shape index (κ3) is 4.65. The summed E-state index contributed by atoms with van der Waals surface area (Å²) in [5.41, 5.74) is 3.79. The molecule has 1 aromatic carbocycles. The molecular formula is C23H26N2O4. The topological polar surface area (TPSA) is 88.0 Å². The minimum absolute atomic E-state index is 0.0256. The number of nitrogens with zero attached hydrogens (tertiary/aromatic N) is 1. The monoisotopic (exact) mass is 394 g/mol. The highest BCUT2D eigenvalue weighted by Crippen LogP contribution is 2.31. The van der Waals surface area contributed by atoms with Gasteiger partial charge in [-0.25, -0.2) is 0 Å². The maximum Gasteiger partial charge on any atom is 0.305 e. The smallest absolute Gasteiger partial charge is 0.305 e. The Morgan fingerprint density at radius 1 is 1.31 bits per heavy atom. The van der Waals surface area contributed by atoms with Gasteiger partial charge in [-0.2, -0.15) is 0 Å². The van der Waals surface area contributed by atoms with Gasteiger partial charge >= 0.3 is 5.97 Å². The van der Waals surface area contributed by atoms with E-state index in [1.807, 2.05) is 56.3 Å². The standard InChI is InChI=1S/C23H26N2O4/c1-4-29-20-11-7-9-16-12-18(15(3)24-22(16)20)23(28)25-19(13-21(26)27)17-10-6-5-8-14(17)2/h5-11,16,19H,4,12-13H2,1-3H3,(H,25,28)(H,26,27)/t16?,19-/m0/s1. The number of nitrogens with one attached hydrogen (secondary N) is 1. The summed E-state index contributed by atoms with van der Waals surface area (Å²) in [5, 5.41) is 12.3. The van der Waals surface area contributed by atoms with Crippen LogP contribution >= 0.6 is 0 Å². The van der Waals surface area contributed by atoms with E-state index in [0.717, 1.165) is 22.6 Å². The number of carbonyl (C=O) groups is 2. The second kappa shape index (κ2) is 8.90. The maximum atomic E-state index is 13.1. The van der Waals surface area contributed by atoms with Crippen molar-refractivity contribution in [1.29, 1.82) is 0 Å². The number of fused-ring (bicyclic) bond motifs is 1. The molecule has 152 valence electrons. The minimum Gasteiger partial charge on any atom is -0.492 e. The van der Waals surface area contributed by atoms with Crippen LogP contribution in [0.4, 0.5) is 0 Å². The molecule has 29 heavy (non-hydrogen) atoms. The van der Waals surface area contributed by atoms with Crippen molar-refractivity contribution in [2.75, 3.05) is 6.61 Å². The Morgan fingerprint density at radius 3 is 2.76 bits per heavy atom. The zero-order valence-electron chi connectivity index (χ0n) is 16.9. The van der Waals surface area contributed by atoms with Crippen molar-refractivity contribution in [2.24, 2.45) is 10.9 Å². The van der Waals surface area contributed by atoms with E-state index in [4.69, 9.17) is 4.74 Å². The Kier molecular flexibility index (Phi) is 6.32. The molecule has 1 aliphatic carbocycles. The largest absolute Gasteiger partial charge is 0.492 e. The molecule has 1 aliphatic heterocycles. The van der Waals surface area contributed by atoms with Crippen LogP contribution in [0.3, 0.4) is 0 Å². The van der Waals surface area contributed by atoms with Gasteiger partial charge in [-0.1, -0.05) is 36.4 Å². The zero-order chi connectivity index (χ0) is 21.0. The second-order valence-corrected chi connectivity index (χ2v) is 7.20. The van der Waals surface area contributed by atoms with Crippen LogP contribution in [0, 0.1) is 12.8 Å². The van der Waals surface area contributed by atoms with E-state index in [1.54, 1.807) is 6.92 Å². The molecule has 0 saturated heterocycles. The van der Waals surface area contributed by atoms with Gasteiger partial charge in [0.2, 0.25) is 5.91 Å². The SMILES string of the molecule is CCOC1=CC=CC2CC(C(=O)N[C@@H](CC(=O)O)c3ccccc3C)=C(C)N=C12. The van der Waals surface area contributed by atoms with Crippen molar-refractivity contribution in [3.05, 3.63) is 70.6 Å². The first kappa shape index (κ1) is 20.6. The summed E-state index contributed by atoms with van der Waals surface area (Å²) in [6, 6.07) is 6.89. The van der Waals surface area contributed by atoms with E-state index in [-0.39, 0.29) is 18.2 Å². The fourth-order valence-corrected chi connectivity index (χ4v) is 3.73. The van der Waals surface area contributed by atoms with Crippen molar-refractivity contribution in [2.45, 2.75) is 39.7 Å². The molecule has 0 fully saturated rings. The molecule has 0 bridgehead atoms. The number of benzene rings is 1. The molecule has 6 nitrogen and oxygen atoms in total. The van der Waals surface area contributed by atoms with Crippen LogP contribution in [-0.2, 0) is 14.3 Å². The fraction of sp³-hybridized carbons (Fsp3) is 0.348. The molecule has 0 radical (unpaired) electrons. The number of carboxylic acids is 1. The Morgan fingerprint density at radius 2 is 2.07 bits per heavy atom. The van der Waals surface area contributed by atoms with Crippen LogP contribution < -0.4 is 5.32 Å². The van der Waals surface area contributed by atoms with Crippen molar-refractivity contribution in [3.8, 4) is 0 Å². The Bertz CT molecular complexity index is 940. The first-order valence-corrected chi connectivity index (χ1v) is 9.78. The number of allylic oxidation sites excluding steroid dienone is 5. The number of hydrogen-bond donors (Lipinski definition) is 2. The molecule has 2 aliphatic rings. The molecule has 6 heteroatoms. The van der Waals surface area contributed by atoms with Gasteiger partial charge in [-0.15, -0.1) is 0 Å². The number of ether oxygens (including phenoxy) is 1. The molecule has 1 unspecified atom stereocenters. The Labute approximate surface area is 170 Å². The summed E-state index contributed by atoms with van der Waals surface area (Å²) in [6.07, 6.45) is 6.14. The predicted molar refractivity (Wildman–Crippen MR) is 111 cm³/mol. The molecule has 3 rings (SSSR count). The number of amides is 1. The summed E-state index contributed by atoms with van der Waals surface area (Å²) in [6.45, 7) is 6.19. The zero-order valence-corrected chi connectivity index (χ0v) is 16.9. The van der Waals surface area contributed by atoms with Gasteiger partial charge in [0.15, 0.2) is 0 Å². The lowest BCUT2D eigenvalue weighted by atomic mass is 9.86. The summed E-state index contributed by atoms with van der Waals surface area (Å²) in [5.74, 6) is -0.527. The predicted octanol–water partition coefficient (Wildman–Crippen LogP) is 3.85. The summed E-state index contributed by atoms with van der Waals surface area (Å²) in [4.78, 5) is 29.1. The average Bonchev–Trinajstić information content (AvgIpc) is 2.67. The molecule has 1 amide bonds. The maximum absolute atomic E-state index is 13.1. The number of carboxylic acid groups (broad SMARTS) is 1. The van der Waals surface area contributed by atoms with Crippen LogP contribution in [0.5, 0.6) is 0 Å². The van der Waals surface area contributed by atoms with E-state index in [0.29, 0.717) is 24.3 Å². The highest BCUT2D eigenvalue weighted by atomic mass is 16.5. The second-order valence-electron chi connectivity index (χ2n) is 7.20. The van der Waals surface area contributed by atoms with Crippen LogP contribution in [0.25, 0.3) is 0 Å². The Balaban J connectivity index is 1.86. The molecule has 0 saturated carbocycles. The average molecular weight is 394 g/mol. The number of aliphatic imine (C=N–C) groups is 1. The number of carbonyl (C=O) groups excluding carboxylic acids is 1. The number of aryl methyl sites for hydroxylation is 1. The summed E-state index contributed by atoms with van der Waals surface area (Å²) < 4.78 is 5.67. The molecule has 2 atom stereocenters. The number of hydrogen-bond acceptors (Lipinski definition) is 4. The van der Waals surface area contributed by atoms with Gasteiger partial charge in [-0.05, 0) is 44.4 Å². The van der Waals surface area contributed by atoms with Crippen molar-refractivity contribution in [1.82, 2.24) is 5.32 Å². The quantitative estimate of drug-likeness (QED) is 0.735. The van der Waals surface area contributed by atoms with E-state index in [1.165, 1.54) is 0 Å². The van der Waals surface area contributed by atoms with E-state index < -0.39 is 12.0 Å². The Hall–Kier alpha value is -3.15. The first-order chi connectivity index (χ1) is 13.9. The number of aliphatic carboxylic acids is 1. The van der Waals surface area contributed by atoms with Crippen molar-refractivity contribution < 1.29 is 19.4 Å². The molecular weight excluding hydrogens is 368 g/mol. The molecule has 0 spiro atoms. The molecule has 0 aromatic heterocycles. The normalized spacial score (nSPS) is 19.1. The van der Waals surface area contributed by atoms with Crippen LogP contribution in [-0.4, -0.2) is 29.3 Å². The van der Waals surface area contributed by atoms with Crippen LogP contribution in [0.1, 0.15) is 43.9 Å². The molecule has 1 heterocycles. The summed E-state index contributed by atoms with van der Waals surface area (Å²) in [7, 11) is 0. The minimum atomic E-state index is -0.963. The first-order valence-electron chi connectivity index (χ1n) is 9.78. The molecule has 1 aromatic rings. The van der Waals surface area contributed by atoms with Crippen molar-refractivity contribution >= 4 is 17.6 Å². The van der Waals surface area contributed by atoms with Gasteiger partial charge < -0.3 is 15.2 Å². The highest BCUT2D eigenvalue weighted by molar-refractivity contribution is 6.06. The summed E-state index contributed by atoms with van der Waals surface area (Å²) >= 11 is 0. The van der Waals surface area contributed by atoms with E-state index in [9.17, 15) is 14.7 Å². The van der Waals surface area contributed by atoms with Gasteiger partial charge in [-0.3, -0.25) is 14.6 Å². The van der Waals surface area contributed by atoms with E-state index in [2.05, 4.69) is 10.3 Å². The van der Waals surface area contributed by atoms with Gasteiger partial charge in [0.25, 0.3) is 0 Å². The van der Waals surface area contributed by atoms with Crippen molar-refractivity contribution in [3.63, 3.8) is 0 Å². The van der Waals surface area contributed by atoms with Gasteiger partial charge in [0, 0.05) is 17.2 Å². The van der Waals surface area contributed by atoms with Crippen LogP contribution in [0.15, 0.2) is 64.5 Å².